The highest BCUT2D eigenvalue weighted by molar-refractivity contribution is 6.01. The molecule has 0 unspecified atom stereocenters. The van der Waals surface area contributed by atoms with E-state index in [1.54, 1.807) is 13.2 Å². The molecular formula is C22H24N4O3. The second kappa shape index (κ2) is 8.34. The third kappa shape index (κ3) is 4.39. The summed E-state index contributed by atoms with van der Waals surface area (Å²) in [6, 6.07) is 15.1. The summed E-state index contributed by atoms with van der Waals surface area (Å²) >= 11 is 0. The number of benzene rings is 2. The number of methoxy groups -OCH3 is 1. The topological polar surface area (TPSA) is 80.5 Å². The summed E-state index contributed by atoms with van der Waals surface area (Å²) in [6.07, 6.45) is 2.43. The Bertz CT molecular complexity index is 976. The molecule has 2 aromatic carbocycles. The van der Waals surface area contributed by atoms with Gasteiger partial charge in [-0.15, -0.1) is 10.2 Å². The summed E-state index contributed by atoms with van der Waals surface area (Å²) in [5, 5.41) is 10.6. The average molecular weight is 392 g/mol. The lowest BCUT2D eigenvalue weighted by atomic mass is 9.99. The number of nitrogens with one attached hydrogen (secondary N) is 1. The number of hydrogen-bond acceptors (Lipinski definition) is 6. The fourth-order valence-electron chi connectivity index (χ4n) is 3.39. The molecule has 7 nitrogen and oxygen atoms in total. The van der Waals surface area contributed by atoms with Gasteiger partial charge in [-0.05, 0) is 61.2 Å². The minimum Gasteiger partial charge on any atom is -0.497 e. The van der Waals surface area contributed by atoms with E-state index >= 15 is 0 Å². The van der Waals surface area contributed by atoms with Gasteiger partial charge < -0.3 is 19.4 Å². The largest absolute Gasteiger partial charge is 0.497 e. The van der Waals surface area contributed by atoms with Crippen molar-refractivity contribution in [3.8, 4) is 17.2 Å². The lowest BCUT2D eigenvalue weighted by Gasteiger charge is -2.32. The molecular weight excluding hydrogens is 368 g/mol. The molecule has 1 N–H and O–H groups in total. The Morgan fingerprint density at radius 1 is 1.14 bits per heavy atom. The molecule has 3 aromatic rings. The number of amides is 1. The van der Waals surface area contributed by atoms with E-state index in [2.05, 4.69) is 27.3 Å². The van der Waals surface area contributed by atoms with Crippen molar-refractivity contribution in [3.05, 3.63) is 54.4 Å². The van der Waals surface area contributed by atoms with Crippen molar-refractivity contribution in [1.82, 2.24) is 10.2 Å². The first-order valence-electron chi connectivity index (χ1n) is 9.76. The average Bonchev–Trinajstić information content (AvgIpc) is 3.26. The molecule has 1 saturated heterocycles. The first-order valence-corrected chi connectivity index (χ1v) is 9.76. The number of anilines is 2. The monoisotopic (exact) mass is 392 g/mol. The SMILES string of the molecule is COc1cccc(-c2nnc(C(=O)Nc3ccc(N4CCC(C)CC4)cc3)o2)c1. The Labute approximate surface area is 169 Å². The van der Waals surface area contributed by atoms with Crippen LogP contribution in [-0.2, 0) is 0 Å². The Morgan fingerprint density at radius 2 is 1.90 bits per heavy atom. The standard InChI is InChI=1S/C22H24N4O3/c1-15-10-12-26(13-11-15)18-8-6-17(7-9-18)23-20(27)22-25-24-21(29-22)16-4-3-5-19(14-16)28-2/h3-9,14-15H,10-13H2,1-2H3,(H,23,27). The molecule has 0 bridgehead atoms. The number of carbonyl (C=O) groups excluding carboxylic acids is 1. The molecule has 2 heterocycles. The highest BCUT2D eigenvalue weighted by Crippen LogP contribution is 2.25. The summed E-state index contributed by atoms with van der Waals surface area (Å²) in [4.78, 5) is 14.8. The van der Waals surface area contributed by atoms with E-state index in [1.165, 1.54) is 18.5 Å². The van der Waals surface area contributed by atoms with Crippen LogP contribution < -0.4 is 15.0 Å². The molecule has 150 valence electrons. The van der Waals surface area contributed by atoms with Crippen LogP contribution in [0.2, 0.25) is 0 Å². The second-order valence-corrected chi connectivity index (χ2v) is 7.31. The van der Waals surface area contributed by atoms with Crippen LogP contribution in [-0.4, -0.2) is 36.3 Å². The van der Waals surface area contributed by atoms with E-state index in [0.29, 0.717) is 17.0 Å². The third-order valence-electron chi connectivity index (χ3n) is 5.21. The Kier molecular flexibility index (Phi) is 5.46. The van der Waals surface area contributed by atoms with Crippen LogP contribution in [0.4, 0.5) is 11.4 Å². The zero-order chi connectivity index (χ0) is 20.2. The van der Waals surface area contributed by atoms with Gasteiger partial charge in [-0.1, -0.05) is 13.0 Å². The van der Waals surface area contributed by atoms with Crippen LogP contribution in [0.1, 0.15) is 30.5 Å². The second-order valence-electron chi connectivity index (χ2n) is 7.31. The summed E-state index contributed by atoms with van der Waals surface area (Å²) < 4.78 is 10.7. The van der Waals surface area contributed by atoms with E-state index < -0.39 is 5.91 Å². The van der Waals surface area contributed by atoms with Gasteiger partial charge in [0.05, 0.1) is 7.11 Å². The molecule has 1 aliphatic rings. The van der Waals surface area contributed by atoms with E-state index in [0.717, 1.165) is 19.0 Å². The predicted molar refractivity (Wildman–Crippen MR) is 111 cm³/mol. The van der Waals surface area contributed by atoms with Gasteiger partial charge in [-0.2, -0.15) is 0 Å². The molecule has 7 heteroatoms. The van der Waals surface area contributed by atoms with Crippen LogP contribution in [0.15, 0.2) is 52.9 Å². The molecule has 1 amide bonds. The van der Waals surface area contributed by atoms with E-state index in [9.17, 15) is 4.79 Å². The highest BCUT2D eigenvalue weighted by atomic mass is 16.5. The van der Waals surface area contributed by atoms with Crippen molar-refractivity contribution in [2.24, 2.45) is 5.92 Å². The number of piperidine rings is 1. The van der Waals surface area contributed by atoms with Gasteiger partial charge in [0.15, 0.2) is 0 Å². The van der Waals surface area contributed by atoms with E-state index in [-0.39, 0.29) is 11.8 Å². The number of carbonyl (C=O) groups is 1. The first-order chi connectivity index (χ1) is 14.1. The van der Waals surface area contributed by atoms with Crippen molar-refractivity contribution >= 4 is 17.3 Å². The number of rotatable bonds is 5. The number of hydrogen-bond donors (Lipinski definition) is 1. The van der Waals surface area contributed by atoms with Gasteiger partial charge in [-0.3, -0.25) is 4.79 Å². The Balaban J connectivity index is 1.41. The van der Waals surface area contributed by atoms with Gasteiger partial charge in [-0.25, -0.2) is 0 Å². The minimum absolute atomic E-state index is 0.0862. The minimum atomic E-state index is -0.439. The molecule has 1 aromatic heterocycles. The summed E-state index contributed by atoms with van der Waals surface area (Å²) in [5.41, 5.74) is 2.55. The van der Waals surface area contributed by atoms with Crippen molar-refractivity contribution in [3.63, 3.8) is 0 Å². The van der Waals surface area contributed by atoms with Gasteiger partial charge in [0.2, 0.25) is 5.89 Å². The van der Waals surface area contributed by atoms with Crippen LogP contribution in [0, 0.1) is 5.92 Å². The van der Waals surface area contributed by atoms with Crippen molar-refractivity contribution < 1.29 is 13.9 Å². The molecule has 0 radical (unpaired) electrons. The van der Waals surface area contributed by atoms with E-state index in [4.69, 9.17) is 9.15 Å². The Hall–Kier alpha value is -3.35. The maximum atomic E-state index is 12.5. The molecule has 0 aliphatic carbocycles. The van der Waals surface area contributed by atoms with Gasteiger partial charge in [0.25, 0.3) is 0 Å². The van der Waals surface area contributed by atoms with Crippen molar-refractivity contribution in [1.29, 1.82) is 0 Å². The summed E-state index contributed by atoms with van der Waals surface area (Å²) in [6.45, 7) is 4.44. The smallest absolute Gasteiger partial charge is 0.313 e. The lowest BCUT2D eigenvalue weighted by molar-refractivity contribution is 0.0991. The van der Waals surface area contributed by atoms with Crippen molar-refractivity contribution in [2.45, 2.75) is 19.8 Å². The zero-order valence-electron chi connectivity index (χ0n) is 16.6. The van der Waals surface area contributed by atoms with Crippen molar-refractivity contribution in [2.75, 3.05) is 30.4 Å². The summed E-state index contributed by atoms with van der Waals surface area (Å²) in [5.74, 6) is 1.21. The maximum absolute atomic E-state index is 12.5. The first kappa shape index (κ1) is 19.0. The molecule has 1 fully saturated rings. The van der Waals surface area contributed by atoms with E-state index in [1.807, 2.05) is 42.5 Å². The number of aromatic nitrogens is 2. The molecule has 0 atom stereocenters. The predicted octanol–water partition coefficient (Wildman–Crippen LogP) is 4.23. The van der Waals surface area contributed by atoms with Crippen LogP contribution in [0.3, 0.4) is 0 Å². The number of nitrogens with zero attached hydrogens (tertiary/aromatic N) is 3. The van der Waals surface area contributed by atoms with Gasteiger partial charge in [0.1, 0.15) is 5.75 Å². The highest BCUT2D eigenvalue weighted by Gasteiger charge is 2.18. The van der Waals surface area contributed by atoms with Crippen LogP contribution >= 0.6 is 0 Å². The zero-order valence-corrected chi connectivity index (χ0v) is 16.6. The van der Waals surface area contributed by atoms with Gasteiger partial charge >= 0.3 is 11.8 Å². The van der Waals surface area contributed by atoms with Gasteiger partial charge in [0, 0.05) is 30.0 Å². The quantitative estimate of drug-likeness (QED) is 0.700. The fourth-order valence-corrected chi connectivity index (χ4v) is 3.39. The maximum Gasteiger partial charge on any atom is 0.313 e. The Morgan fingerprint density at radius 3 is 2.62 bits per heavy atom. The third-order valence-corrected chi connectivity index (χ3v) is 5.21. The lowest BCUT2D eigenvalue weighted by Crippen LogP contribution is -2.32. The molecule has 29 heavy (non-hydrogen) atoms. The fraction of sp³-hybridized carbons (Fsp3) is 0.318. The molecule has 0 spiro atoms. The molecule has 0 saturated carbocycles. The normalized spacial score (nSPS) is 14.6. The number of ether oxygens (including phenoxy) is 1. The summed E-state index contributed by atoms with van der Waals surface area (Å²) in [7, 11) is 1.59. The van der Waals surface area contributed by atoms with Crippen LogP contribution in [0.5, 0.6) is 5.75 Å². The molecule has 4 rings (SSSR count). The van der Waals surface area contributed by atoms with Crippen LogP contribution in [0.25, 0.3) is 11.5 Å². The molecule has 1 aliphatic heterocycles.